The number of hydrogen-bond acceptors (Lipinski definition) is 5. The van der Waals surface area contributed by atoms with Crippen LogP contribution in [-0.4, -0.2) is 28.8 Å². The van der Waals surface area contributed by atoms with Crippen LogP contribution in [0.4, 0.5) is 5.13 Å². The molecule has 0 bridgehead atoms. The second-order valence-corrected chi connectivity index (χ2v) is 5.73. The van der Waals surface area contributed by atoms with Crippen LogP contribution in [0.3, 0.4) is 0 Å². The van der Waals surface area contributed by atoms with Crippen LogP contribution in [0.25, 0.3) is 0 Å². The first-order valence-electron chi connectivity index (χ1n) is 4.04. The summed E-state index contributed by atoms with van der Waals surface area (Å²) in [7, 11) is 0. The molecule has 6 heteroatoms. The fraction of sp³-hybridized carbons (Fsp3) is 0.714. The van der Waals surface area contributed by atoms with Crippen molar-refractivity contribution in [2.75, 3.05) is 23.9 Å². The normalized spacial score (nSPS) is 10.3. The first-order valence-corrected chi connectivity index (χ1v) is 7.05. The van der Waals surface area contributed by atoms with Crippen LogP contribution in [0.2, 0.25) is 0 Å². The molecule has 0 radical (unpaired) electrons. The fourth-order valence-corrected chi connectivity index (χ4v) is 2.37. The van der Waals surface area contributed by atoms with Crippen molar-refractivity contribution in [1.29, 1.82) is 0 Å². The number of unbranched alkanes of at least 4 members (excludes halogenated alkanes) is 1. The molecule has 0 fully saturated rings. The maximum atomic E-state index is 3.94. The van der Waals surface area contributed by atoms with E-state index >= 15 is 0 Å². The van der Waals surface area contributed by atoms with Gasteiger partial charge >= 0.3 is 0 Å². The maximum absolute atomic E-state index is 3.94. The first kappa shape index (κ1) is 11.3. The highest BCUT2D eigenvalue weighted by atomic mass is 79.9. The van der Waals surface area contributed by atoms with Crippen molar-refractivity contribution in [2.45, 2.75) is 12.8 Å². The number of aromatic nitrogens is 2. The molecule has 0 spiro atoms. The van der Waals surface area contributed by atoms with Gasteiger partial charge in [0.2, 0.25) is 5.13 Å². The second kappa shape index (κ2) is 6.62. The summed E-state index contributed by atoms with van der Waals surface area (Å²) in [6, 6.07) is 0. The maximum Gasteiger partial charge on any atom is 0.206 e. The Balaban J connectivity index is 2.06. The van der Waals surface area contributed by atoms with E-state index in [0.717, 1.165) is 15.6 Å². The highest BCUT2D eigenvalue weighted by molar-refractivity contribution is 9.11. The van der Waals surface area contributed by atoms with Crippen molar-refractivity contribution < 1.29 is 0 Å². The topological polar surface area (TPSA) is 37.8 Å². The van der Waals surface area contributed by atoms with E-state index in [9.17, 15) is 0 Å². The summed E-state index contributed by atoms with van der Waals surface area (Å²) < 4.78 is 0.833. The average Bonchev–Trinajstić information content (AvgIpc) is 2.51. The molecule has 1 rings (SSSR count). The van der Waals surface area contributed by atoms with E-state index in [2.05, 4.69) is 37.7 Å². The van der Waals surface area contributed by atoms with Crippen LogP contribution in [0.5, 0.6) is 0 Å². The molecule has 0 unspecified atom stereocenters. The standard InChI is InChI=1S/C7H12BrN3S2/c1-12-5-3-2-4-9-7-11-10-6(8)13-7/h2-5H2,1H3,(H,9,11). The summed E-state index contributed by atoms with van der Waals surface area (Å²) in [5.74, 6) is 1.24. The van der Waals surface area contributed by atoms with Gasteiger partial charge in [-0.1, -0.05) is 11.3 Å². The van der Waals surface area contributed by atoms with Gasteiger partial charge in [-0.25, -0.2) is 0 Å². The Hall–Kier alpha value is 0.190. The van der Waals surface area contributed by atoms with Crippen molar-refractivity contribution in [3.63, 3.8) is 0 Å². The summed E-state index contributed by atoms with van der Waals surface area (Å²) >= 11 is 6.69. The molecule has 0 saturated carbocycles. The second-order valence-electron chi connectivity index (χ2n) is 2.49. The molecule has 0 saturated heterocycles. The Morgan fingerprint density at radius 2 is 2.31 bits per heavy atom. The third-order valence-corrected chi connectivity index (χ3v) is 3.46. The molecule has 74 valence electrons. The first-order chi connectivity index (χ1) is 6.33. The van der Waals surface area contributed by atoms with E-state index in [-0.39, 0.29) is 0 Å². The lowest BCUT2D eigenvalue weighted by atomic mass is 10.3. The summed E-state index contributed by atoms with van der Waals surface area (Å²) in [6.45, 7) is 0.988. The molecule has 1 heterocycles. The SMILES string of the molecule is CSCCCCNc1nnc(Br)s1. The molecular weight excluding hydrogens is 270 g/mol. The Morgan fingerprint density at radius 3 is 2.92 bits per heavy atom. The predicted molar refractivity (Wildman–Crippen MR) is 63.7 cm³/mol. The number of nitrogens with zero attached hydrogens (tertiary/aromatic N) is 2. The predicted octanol–water partition coefficient (Wildman–Crippen LogP) is 2.86. The van der Waals surface area contributed by atoms with E-state index < -0.39 is 0 Å². The van der Waals surface area contributed by atoms with E-state index in [1.165, 1.54) is 29.9 Å². The number of thioether (sulfide) groups is 1. The van der Waals surface area contributed by atoms with Gasteiger partial charge in [-0.05, 0) is 40.8 Å². The molecule has 0 aliphatic heterocycles. The van der Waals surface area contributed by atoms with Gasteiger partial charge in [0.1, 0.15) is 0 Å². The van der Waals surface area contributed by atoms with Gasteiger partial charge in [-0.3, -0.25) is 0 Å². The van der Waals surface area contributed by atoms with Crippen LogP contribution >= 0.6 is 39.0 Å². The molecular formula is C7H12BrN3S2. The van der Waals surface area contributed by atoms with Gasteiger partial charge in [0.05, 0.1) is 0 Å². The van der Waals surface area contributed by atoms with Crippen molar-refractivity contribution in [1.82, 2.24) is 10.2 Å². The van der Waals surface area contributed by atoms with Gasteiger partial charge < -0.3 is 5.32 Å². The largest absolute Gasteiger partial charge is 0.360 e. The molecule has 0 aromatic carbocycles. The van der Waals surface area contributed by atoms with Gasteiger partial charge in [-0.15, -0.1) is 10.2 Å². The smallest absolute Gasteiger partial charge is 0.206 e. The summed E-state index contributed by atoms with van der Waals surface area (Å²) in [5, 5.41) is 11.9. The number of halogens is 1. The molecule has 3 nitrogen and oxygen atoms in total. The number of hydrogen-bond donors (Lipinski definition) is 1. The molecule has 1 aromatic rings. The van der Waals surface area contributed by atoms with Crippen LogP contribution in [0, 0.1) is 0 Å². The quantitative estimate of drug-likeness (QED) is 0.814. The van der Waals surface area contributed by atoms with Gasteiger partial charge in [-0.2, -0.15) is 11.8 Å². The van der Waals surface area contributed by atoms with E-state index in [1.807, 2.05) is 11.8 Å². The van der Waals surface area contributed by atoms with Crippen molar-refractivity contribution >= 4 is 44.2 Å². The monoisotopic (exact) mass is 281 g/mol. The van der Waals surface area contributed by atoms with Crippen molar-refractivity contribution in [3.8, 4) is 0 Å². The molecule has 0 aliphatic rings. The van der Waals surface area contributed by atoms with E-state index in [1.54, 1.807) is 0 Å². The number of rotatable bonds is 6. The van der Waals surface area contributed by atoms with E-state index in [0.29, 0.717) is 0 Å². The number of nitrogens with one attached hydrogen (secondary N) is 1. The lowest BCUT2D eigenvalue weighted by molar-refractivity contribution is 0.840. The van der Waals surface area contributed by atoms with Crippen molar-refractivity contribution in [3.05, 3.63) is 3.92 Å². The lowest BCUT2D eigenvalue weighted by Crippen LogP contribution is -2.01. The molecule has 1 aromatic heterocycles. The van der Waals surface area contributed by atoms with Gasteiger partial charge in [0.15, 0.2) is 3.92 Å². The van der Waals surface area contributed by atoms with E-state index in [4.69, 9.17) is 0 Å². The molecule has 13 heavy (non-hydrogen) atoms. The highest BCUT2D eigenvalue weighted by Crippen LogP contribution is 2.19. The summed E-state index contributed by atoms with van der Waals surface area (Å²) in [5.41, 5.74) is 0. The highest BCUT2D eigenvalue weighted by Gasteiger charge is 1.98. The van der Waals surface area contributed by atoms with Gasteiger partial charge in [0, 0.05) is 6.54 Å². The third kappa shape index (κ3) is 4.83. The van der Waals surface area contributed by atoms with Crippen LogP contribution in [0.15, 0.2) is 3.92 Å². The minimum atomic E-state index is 0.833. The number of anilines is 1. The Morgan fingerprint density at radius 1 is 1.46 bits per heavy atom. The van der Waals surface area contributed by atoms with Gasteiger partial charge in [0.25, 0.3) is 0 Å². The Bertz CT molecular complexity index is 241. The lowest BCUT2D eigenvalue weighted by Gasteiger charge is -1.99. The van der Waals surface area contributed by atoms with Crippen LogP contribution in [-0.2, 0) is 0 Å². The average molecular weight is 282 g/mol. The Labute approximate surface area is 94.8 Å². The minimum absolute atomic E-state index is 0.833. The molecule has 0 aliphatic carbocycles. The zero-order valence-electron chi connectivity index (χ0n) is 7.42. The minimum Gasteiger partial charge on any atom is -0.360 e. The summed E-state index contributed by atoms with van der Waals surface area (Å²) in [6.07, 6.45) is 4.58. The fourth-order valence-electron chi connectivity index (χ4n) is 0.843. The molecule has 0 atom stereocenters. The molecule has 0 amide bonds. The van der Waals surface area contributed by atoms with Crippen LogP contribution in [0.1, 0.15) is 12.8 Å². The zero-order valence-corrected chi connectivity index (χ0v) is 10.6. The zero-order chi connectivity index (χ0) is 9.52. The summed E-state index contributed by atoms with van der Waals surface area (Å²) in [4.78, 5) is 0. The van der Waals surface area contributed by atoms with Crippen molar-refractivity contribution in [2.24, 2.45) is 0 Å². The Kier molecular flexibility index (Phi) is 5.73. The third-order valence-electron chi connectivity index (χ3n) is 1.45. The molecule has 1 N–H and O–H groups in total. The van der Waals surface area contributed by atoms with Crippen LogP contribution < -0.4 is 5.32 Å².